The van der Waals surface area contributed by atoms with Crippen LogP contribution in [-0.4, -0.2) is 37.6 Å². The van der Waals surface area contributed by atoms with Crippen LogP contribution in [0.15, 0.2) is 66.0 Å². The Morgan fingerprint density at radius 3 is 2.66 bits per heavy atom. The van der Waals surface area contributed by atoms with Crippen LogP contribution in [0.5, 0.6) is 5.75 Å². The van der Waals surface area contributed by atoms with Crippen molar-refractivity contribution in [2.45, 2.75) is 23.9 Å². The Kier molecular flexibility index (Phi) is 6.17. The van der Waals surface area contributed by atoms with Crippen molar-refractivity contribution in [2.75, 3.05) is 11.2 Å². The molecule has 0 radical (unpaired) electrons. The Morgan fingerprint density at radius 2 is 1.91 bits per heavy atom. The van der Waals surface area contributed by atoms with Crippen LogP contribution in [0.3, 0.4) is 0 Å². The smallest absolute Gasteiger partial charge is 0.387 e. The molecule has 2 aromatic heterocycles. The second-order valence-electron chi connectivity index (χ2n) is 6.70. The maximum Gasteiger partial charge on any atom is 0.387 e. The van der Waals surface area contributed by atoms with E-state index in [-0.39, 0.29) is 11.7 Å². The maximum atomic E-state index is 12.7. The SMILES string of the molecule is CC(Sc1nnc(-c2ccc(OC(F)F)cc2)n1N)C(=O)Nc1cccc2ncccc12. The summed E-state index contributed by atoms with van der Waals surface area (Å²) in [5, 5.41) is 11.7. The molecule has 1 unspecified atom stereocenters. The molecule has 8 nitrogen and oxygen atoms in total. The minimum atomic E-state index is -2.90. The molecule has 0 spiro atoms. The van der Waals surface area contributed by atoms with Crippen LogP contribution in [0.25, 0.3) is 22.3 Å². The molecule has 0 fully saturated rings. The topological polar surface area (TPSA) is 108 Å². The molecule has 0 aliphatic carbocycles. The second-order valence-corrected chi connectivity index (χ2v) is 8.01. The van der Waals surface area contributed by atoms with E-state index in [2.05, 4.69) is 25.2 Å². The average Bonchev–Trinajstić information content (AvgIpc) is 3.14. The number of aromatic nitrogens is 4. The number of amides is 1. The number of nitrogens with two attached hydrogens (primary N) is 1. The summed E-state index contributed by atoms with van der Waals surface area (Å²) in [7, 11) is 0. The van der Waals surface area contributed by atoms with Crippen LogP contribution in [0.1, 0.15) is 6.92 Å². The summed E-state index contributed by atoms with van der Waals surface area (Å²) < 4.78 is 30.2. The third kappa shape index (κ3) is 4.62. The van der Waals surface area contributed by atoms with E-state index in [1.54, 1.807) is 31.3 Å². The van der Waals surface area contributed by atoms with Gasteiger partial charge in [-0.05, 0) is 55.5 Å². The molecule has 0 bridgehead atoms. The molecule has 0 aliphatic heterocycles. The van der Waals surface area contributed by atoms with Gasteiger partial charge in [0.25, 0.3) is 0 Å². The van der Waals surface area contributed by atoms with Gasteiger partial charge in [0.2, 0.25) is 11.1 Å². The average molecular weight is 456 g/mol. The van der Waals surface area contributed by atoms with E-state index >= 15 is 0 Å². The third-order valence-electron chi connectivity index (χ3n) is 4.56. The summed E-state index contributed by atoms with van der Waals surface area (Å²) >= 11 is 1.14. The number of halogens is 2. The summed E-state index contributed by atoms with van der Waals surface area (Å²) in [4.78, 5) is 17.0. The van der Waals surface area contributed by atoms with Gasteiger partial charge in [-0.1, -0.05) is 17.8 Å². The van der Waals surface area contributed by atoms with Crippen molar-refractivity contribution < 1.29 is 18.3 Å². The number of thioether (sulfide) groups is 1. The summed E-state index contributed by atoms with van der Waals surface area (Å²) in [6.45, 7) is -1.17. The zero-order valence-corrected chi connectivity index (χ0v) is 17.6. The van der Waals surface area contributed by atoms with Gasteiger partial charge >= 0.3 is 6.61 Å². The van der Waals surface area contributed by atoms with E-state index in [1.165, 1.54) is 16.8 Å². The highest BCUT2D eigenvalue weighted by Crippen LogP contribution is 2.28. The number of hydrogen-bond donors (Lipinski definition) is 2. The number of benzene rings is 2. The zero-order valence-electron chi connectivity index (χ0n) is 16.8. The highest BCUT2D eigenvalue weighted by molar-refractivity contribution is 8.00. The van der Waals surface area contributed by atoms with Gasteiger partial charge in [-0.25, -0.2) is 4.68 Å². The van der Waals surface area contributed by atoms with Crippen molar-refractivity contribution >= 4 is 34.3 Å². The molecule has 32 heavy (non-hydrogen) atoms. The molecule has 2 heterocycles. The highest BCUT2D eigenvalue weighted by atomic mass is 32.2. The molecule has 164 valence electrons. The number of nitrogens with one attached hydrogen (secondary N) is 1. The predicted molar refractivity (Wildman–Crippen MR) is 118 cm³/mol. The number of carbonyl (C=O) groups is 1. The first-order valence-corrected chi connectivity index (χ1v) is 10.4. The molecular weight excluding hydrogens is 438 g/mol. The van der Waals surface area contributed by atoms with Crippen LogP contribution in [-0.2, 0) is 4.79 Å². The molecule has 3 N–H and O–H groups in total. The Balaban J connectivity index is 1.46. The molecule has 0 aliphatic rings. The molecule has 2 aromatic carbocycles. The first kappa shape index (κ1) is 21.5. The van der Waals surface area contributed by atoms with Crippen LogP contribution < -0.4 is 15.9 Å². The van der Waals surface area contributed by atoms with E-state index in [9.17, 15) is 13.6 Å². The Bertz CT molecular complexity index is 1240. The number of nitrogen functional groups attached to an aromatic ring is 1. The Morgan fingerprint density at radius 1 is 1.12 bits per heavy atom. The lowest BCUT2D eigenvalue weighted by Crippen LogP contribution is -2.23. The molecule has 11 heteroatoms. The van der Waals surface area contributed by atoms with E-state index < -0.39 is 11.9 Å². The van der Waals surface area contributed by atoms with Crippen LogP contribution in [0.2, 0.25) is 0 Å². The standard InChI is InChI=1S/C21H18F2N6O2S/c1-12(19(30)26-17-6-2-5-16-15(17)4-3-11-25-16)32-21-28-27-18(29(21)24)13-7-9-14(10-8-13)31-20(22)23/h2-12,20H,24H2,1H3,(H,26,30). The molecule has 0 saturated carbocycles. The second kappa shape index (κ2) is 9.18. The van der Waals surface area contributed by atoms with Crippen molar-refractivity contribution in [3.63, 3.8) is 0 Å². The van der Waals surface area contributed by atoms with Crippen LogP contribution in [0, 0.1) is 0 Å². The number of anilines is 1. The molecule has 4 aromatic rings. The van der Waals surface area contributed by atoms with Gasteiger partial charge < -0.3 is 15.9 Å². The lowest BCUT2D eigenvalue weighted by atomic mass is 10.2. The number of carbonyl (C=O) groups excluding carboxylic acids is 1. The minimum absolute atomic E-state index is 0.0235. The predicted octanol–water partition coefficient (Wildman–Crippen LogP) is 3.93. The van der Waals surface area contributed by atoms with Gasteiger partial charge in [-0.3, -0.25) is 9.78 Å². The fourth-order valence-electron chi connectivity index (χ4n) is 3.00. The quantitative estimate of drug-likeness (QED) is 0.320. The van der Waals surface area contributed by atoms with E-state index in [4.69, 9.17) is 5.84 Å². The fourth-order valence-corrected chi connectivity index (χ4v) is 3.77. The van der Waals surface area contributed by atoms with Crippen molar-refractivity contribution in [1.82, 2.24) is 19.9 Å². The van der Waals surface area contributed by atoms with E-state index in [0.717, 1.165) is 22.7 Å². The van der Waals surface area contributed by atoms with E-state index in [1.807, 2.05) is 24.3 Å². The molecule has 4 rings (SSSR count). The molecular formula is C21H18F2N6O2S. The van der Waals surface area contributed by atoms with Crippen molar-refractivity contribution in [3.8, 4) is 17.1 Å². The van der Waals surface area contributed by atoms with E-state index in [0.29, 0.717) is 22.2 Å². The van der Waals surface area contributed by atoms with Gasteiger partial charge in [-0.15, -0.1) is 10.2 Å². The normalized spacial score (nSPS) is 12.1. The van der Waals surface area contributed by atoms with Crippen molar-refractivity contribution in [3.05, 3.63) is 60.8 Å². The van der Waals surface area contributed by atoms with Crippen molar-refractivity contribution in [1.29, 1.82) is 0 Å². The summed E-state index contributed by atoms with van der Waals surface area (Å²) in [6.07, 6.45) is 1.69. The molecule has 0 saturated heterocycles. The fraction of sp³-hybridized carbons (Fsp3) is 0.143. The number of alkyl halides is 2. The van der Waals surface area contributed by atoms with Gasteiger partial charge in [0.15, 0.2) is 5.82 Å². The summed E-state index contributed by atoms with van der Waals surface area (Å²) in [5.41, 5.74) is 2.00. The number of ether oxygens (including phenoxy) is 1. The van der Waals surface area contributed by atoms with Crippen molar-refractivity contribution in [2.24, 2.45) is 0 Å². The number of nitrogens with zero attached hydrogens (tertiary/aromatic N) is 4. The van der Waals surface area contributed by atoms with Gasteiger partial charge in [0.05, 0.1) is 16.5 Å². The number of rotatable bonds is 7. The lowest BCUT2D eigenvalue weighted by Gasteiger charge is -2.13. The number of pyridine rings is 1. The maximum absolute atomic E-state index is 12.7. The summed E-state index contributed by atoms with van der Waals surface area (Å²) in [5.74, 6) is 6.22. The first-order chi connectivity index (χ1) is 15.4. The highest BCUT2D eigenvalue weighted by Gasteiger charge is 2.21. The lowest BCUT2D eigenvalue weighted by molar-refractivity contribution is -0.115. The largest absolute Gasteiger partial charge is 0.435 e. The number of hydrogen-bond acceptors (Lipinski definition) is 7. The number of fused-ring (bicyclic) bond motifs is 1. The van der Waals surface area contributed by atoms with Gasteiger partial charge in [0.1, 0.15) is 5.75 Å². The Labute approximate surface area is 185 Å². The monoisotopic (exact) mass is 456 g/mol. The molecule has 1 atom stereocenters. The third-order valence-corrected chi connectivity index (χ3v) is 5.61. The summed E-state index contributed by atoms with van der Waals surface area (Å²) in [6, 6.07) is 15.1. The minimum Gasteiger partial charge on any atom is -0.435 e. The van der Waals surface area contributed by atoms with Gasteiger partial charge in [0, 0.05) is 17.1 Å². The van der Waals surface area contributed by atoms with Crippen LogP contribution >= 0.6 is 11.8 Å². The van der Waals surface area contributed by atoms with Gasteiger partial charge in [-0.2, -0.15) is 8.78 Å². The zero-order chi connectivity index (χ0) is 22.7. The first-order valence-electron chi connectivity index (χ1n) is 9.49. The Hall–Kier alpha value is -3.73. The van der Waals surface area contributed by atoms with Crippen LogP contribution in [0.4, 0.5) is 14.5 Å². The molecule has 1 amide bonds.